The van der Waals surface area contributed by atoms with E-state index >= 15 is 0 Å². The van der Waals surface area contributed by atoms with Gasteiger partial charge in [0, 0.05) is 7.05 Å². The van der Waals surface area contributed by atoms with Gasteiger partial charge >= 0.3 is 6.09 Å². The highest BCUT2D eigenvalue weighted by molar-refractivity contribution is 6.18. The van der Waals surface area contributed by atoms with Crippen LogP contribution in [-0.2, 0) is 5.72 Å². The second-order valence-electron chi connectivity index (χ2n) is 2.77. The van der Waals surface area contributed by atoms with E-state index in [2.05, 4.69) is 0 Å². The number of rotatable bonds is 3. The van der Waals surface area contributed by atoms with E-state index in [-0.39, 0.29) is 11.6 Å². The number of amides is 1. The van der Waals surface area contributed by atoms with Crippen LogP contribution in [0.25, 0.3) is 0 Å². The van der Waals surface area contributed by atoms with Gasteiger partial charge in [0.2, 0.25) is 5.72 Å². The molecule has 0 bridgehead atoms. The summed E-state index contributed by atoms with van der Waals surface area (Å²) in [5, 5.41) is 18.7. The maximum atomic E-state index is 10.7. The van der Waals surface area contributed by atoms with Gasteiger partial charge in [0.05, 0.1) is 12.1 Å². The van der Waals surface area contributed by atoms with Crippen LogP contribution in [0.2, 0.25) is 0 Å². The van der Waals surface area contributed by atoms with Crippen LogP contribution in [0.1, 0.15) is 5.76 Å². The summed E-state index contributed by atoms with van der Waals surface area (Å²) in [5.74, 6) is -0.207. The maximum absolute atomic E-state index is 10.7. The van der Waals surface area contributed by atoms with E-state index in [1.165, 1.54) is 19.4 Å². The lowest BCUT2D eigenvalue weighted by Crippen LogP contribution is -2.47. The predicted octanol–water partition coefficient (Wildman–Crippen LogP) is 1.27. The van der Waals surface area contributed by atoms with Gasteiger partial charge in [-0.15, -0.1) is 11.6 Å². The standard InChI is InChI=1S/C8H10ClNO4/c1-10(7(11)12)8(13,5-9)6-3-2-4-14-6/h2-4,13H,5H2,1H3,(H,11,12)/t8-/m1/s1. The number of carboxylic acid groups (broad SMARTS) is 1. The van der Waals surface area contributed by atoms with Crippen molar-refractivity contribution in [3.63, 3.8) is 0 Å². The lowest BCUT2D eigenvalue weighted by atomic mass is 10.2. The van der Waals surface area contributed by atoms with Gasteiger partial charge < -0.3 is 14.6 Å². The van der Waals surface area contributed by atoms with Crippen molar-refractivity contribution in [2.45, 2.75) is 5.72 Å². The van der Waals surface area contributed by atoms with Crippen molar-refractivity contribution in [2.75, 3.05) is 12.9 Å². The highest BCUT2D eigenvalue weighted by atomic mass is 35.5. The number of nitrogens with zero attached hydrogens (tertiary/aromatic N) is 1. The Morgan fingerprint density at radius 2 is 2.43 bits per heavy atom. The molecule has 14 heavy (non-hydrogen) atoms. The Balaban J connectivity index is 3.03. The fourth-order valence-electron chi connectivity index (χ4n) is 0.985. The summed E-state index contributed by atoms with van der Waals surface area (Å²) in [6.45, 7) is 0. The summed E-state index contributed by atoms with van der Waals surface area (Å²) in [5.41, 5.74) is -1.82. The van der Waals surface area contributed by atoms with Gasteiger partial charge in [-0.25, -0.2) is 4.79 Å². The quantitative estimate of drug-likeness (QED) is 0.593. The van der Waals surface area contributed by atoms with Crippen molar-refractivity contribution in [1.29, 1.82) is 0 Å². The Labute approximate surface area is 85.5 Å². The molecule has 0 aliphatic rings. The Hall–Kier alpha value is -1.20. The molecular weight excluding hydrogens is 210 g/mol. The number of halogens is 1. The number of hydrogen-bond acceptors (Lipinski definition) is 3. The highest BCUT2D eigenvalue weighted by Gasteiger charge is 2.39. The zero-order valence-electron chi connectivity index (χ0n) is 7.48. The Bertz CT molecular complexity index is 313. The molecule has 5 nitrogen and oxygen atoms in total. The fraction of sp³-hybridized carbons (Fsp3) is 0.375. The molecule has 1 atom stereocenters. The topological polar surface area (TPSA) is 73.9 Å². The average molecular weight is 220 g/mol. The van der Waals surface area contributed by atoms with Gasteiger partial charge in [-0.05, 0) is 12.1 Å². The van der Waals surface area contributed by atoms with Crippen LogP contribution in [0, 0.1) is 0 Å². The minimum absolute atomic E-state index is 0.0948. The van der Waals surface area contributed by atoms with Gasteiger partial charge in [-0.1, -0.05) is 0 Å². The average Bonchev–Trinajstić information content (AvgIpc) is 2.68. The summed E-state index contributed by atoms with van der Waals surface area (Å²) in [6.07, 6.45) is 0.0484. The summed E-state index contributed by atoms with van der Waals surface area (Å²) in [7, 11) is 1.22. The van der Waals surface area contributed by atoms with Gasteiger partial charge in [-0.3, -0.25) is 4.90 Å². The zero-order valence-corrected chi connectivity index (χ0v) is 8.23. The third kappa shape index (κ3) is 1.69. The normalized spacial score (nSPS) is 14.8. The van der Waals surface area contributed by atoms with E-state index in [9.17, 15) is 9.90 Å². The summed E-state index contributed by atoms with van der Waals surface area (Å²) >= 11 is 5.52. The third-order valence-electron chi connectivity index (χ3n) is 1.94. The molecule has 0 saturated heterocycles. The fourth-order valence-corrected chi connectivity index (χ4v) is 1.30. The first kappa shape index (κ1) is 10.9. The second kappa shape index (κ2) is 3.89. The number of hydrogen-bond donors (Lipinski definition) is 2. The van der Waals surface area contributed by atoms with E-state index < -0.39 is 11.8 Å². The predicted molar refractivity (Wildman–Crippen MR) is 49.1 cm³/mol. The molecule has 78 valence electrons. The molecule has 0 aromatic carbocycles. The van der Waals surface area contributed by atoms with Gasteiger partial charge in [0.25, 0.3) is 0 Å². The molecule has 1 aromatic rings. The number of aliphatic hydroxyl groups is 1. The lowest BCUT2D eigenvalue weighted by Gasteiger charge is -2.31. The molecule has 1 aromatic heterocycles. The lowest BCUT2D eigenvalue weighted by molar-refractivity contribution is -0.0821. The minimum atomic E-state index is -1.82. The van der Waals surface area contributed by atoms with Crippen molar-refractivity contribution in [3.05, 3.63) is 24.2 Å². The first-order valence-electron chi connectivity index (χ1n) is 3.81. The van der Waals surface area contributed by atoms with Crippen molar-refractivity contribution in [3.8, 4) is 0 Å². The highest BCUT2D eigenvalue weighted by Crippen LogP contribution is 2.26. The molecule has 1 amide bonds. The van der Waals surface area contributed by atoms with Crippen molar-refractivity contribution < 1.29 is 19.4 Å². The molecule has 0 unspecified atom stereocenters. The summed E-state index contributed by atoms with van der Waals surface area (Å²) in [4.78, 5) is 11.4. The molecule has 0 spiro atoms. The minimum Gasteiger partial charge on any atom is -0.465 e. The molecule has 0 fully saturated rings. The smallest absolute Gasteiger partial charge is 0.409 e. The van der Waals surface area contributed by atoms with Crippen LogP contribution in [0.4, 0.5) is 4.79 Å². The van der Waals surface area contributed by atoms with E-state index in [0.717, 1.165) is 0 Å². The third-order valence-corrected chi connectivity index (χ3v) is 2.32. The Morgan fingerprint density at radius 3 is 2.79 bits per heavy atom. The molecule has 1 rings (SSSR count). The summed E-state index contributed by atoms with van der Waals surface area (Å²) < 4.78 is 4.92. The maximum Gasteiger partial charge on any atom is 0.409 e. The molecule has 0 aliphatic heterocycles. The van der Waals surface area contributed by atoms with E-state index in [1.54, 1.807) is 6.07 Å². The van der Waals surface area contributed by atoms with Gasteiger partial charge in [-0.2, -0.15) is 0 Å². The van der Waals surface area contributed by atoms with Crippen LogP contribution in [0.15, 0.2) is 22.8 Å². The SMILES string of the molecule is CN(C(=O)O)[C@@](O)(CCl)c1ccco1. The molecule has 1 heterocycles. The zero-order chi connectivity index (χ0) is 10.8. The van der Waals surface area contributed by atoms with Crippen LogP contribution in [-0.4, -0.2) is 34.1 Å². The number of carbonyl (C=O) groups is 1. The van der Waals surface area contributed by atoms with Crippen molar-refractivity contribution in [1.82, 2.24) is 4.90 Å². The monoisotopic (exact) mass is 219 g/mol. The number of furan rings is 1. The first-order chi connectivity index (χ1) is 6.52. The van der Waals surface area contributed by atoms with E-state index in [1.807, 2.05) is 0 Å². The van der Waals surface area contributed by atoms with E-state index in [4.69, 9.17) is 21.1 Å². The van der Waals surface area contributed by atoms with Crippen LogP contribution in [0.5, 0.6) is 0 Å². The van der Waals surface area contributed by atoms with E-state index in [0.29, 0.717) is 4.90 Å². The van der Waals surface area contributed by atoms with Crippen molar-refractivity contribution >= 4 is 17.7 Å². The molecule has 0 aliphatic carbocycles. The molecule has 0 saturated carbocycles. The van der Waals surface area contributed by atoms with Crippen LogP contribution in [0.3, 0.4) is 0 Å². The molecule has 0 radical (unpaired) electrons. The van der Waals surface area contributed by atoms with Crippen LogP contribution < -0.4 is 0 Å². The first-order valence-corrected chi connectivity index (χ1v) is 4.35. The van der Waals surface area contributed by atoms with Gasteiger partial charge in [0.15, 0.2) is 5.76 Å². The van der Waals surface area contributed by atoms with Crippen LogP contribution >= 0.6 is 11.6 Å². The Morgan fingerprint density at radius 1 is 1.79 bits per heavy atom. The summed E-state index contributed by atoms with van der Waals surface area (Å²) in [6, 6.07) is 3.00. The molecule has 6 heteroatoms. The number of alkyl halides is 1. The van der Waals surface area contributed by atoms with Crippen molar-refractivity contribution in [2.24, 2.45) is 0 Å². The second-order valence-corrected chi connectivity index (χ2v) is 3.04. The molecule has 2 N–H and O–H groups in total. The molecular formula is C8H10ClNO4. The van der Waals surface area contributed by atoms with Gasteiger partial charge in [0.1, 0.15) is 0 Å². The largest absolute Gasteiger partial charge is 0.465 e. The Kier molecular flexibility index (Phi) is 3.03.